The molecule has 28 heavy (non-hydrogen) atoms. The Morgan fingerprint density at radius 3 is 2.61 bits per heavy atom. The molecule has 1 aromatic carbocycles. The predicted molar refractivity (Wildman–Crippen MR) is 92.5 cm³/mol. The normalized spacial score (nSPS) is 25.3. The maximum atomic E-state index is 13.7. The van der Waals surface area contributed by atoms with Gasteiger partial charge in [-0.15, -0.1) is 0 Å². The van der Waals surface area contributed by atoms with E-state index in [-0.39, 0.29) is 41.9 Å². The number of benzene rings is 1. The number of halogens is 4. The maximum absolute atomic E-state index is 13.7. The fourth-order valence-corrected chi connectivity index (χ4v) is 4.54. The number of alkyl halides is 3. The molecule has 2 aliphatic heterocycles. The molecule has 2 aromatic rings. The van der Waals surface area contributed by atoms with Crippen molar-refractivity contribution in [1.82, 2.24) is 9.80 Å². The second-order valence-corrected chi connectivity index (χ2v) is 7.55. The largest absolute Gasteiger partial charge is 0.455 e. The Bertz CT molecular complexity index is 879. The van der Waals surface area contributed by atoms with Gasteiger partial charge in [-0.3, -0.25) is 9.69 Å². The van der Waals surface area contributed by atoms with Crippen LogP contribution >= 0.6 is 0 Å². The monoisotopic (exact) mass is 396 g/mol. The molecule has 0 aliphatic carbocycles. The van der Waals surface area contributed by atoms with Crippen LogP contribution in [0.25, 0.3) is 0 Å². The van der Waals surface area contributed by atoms with E-state index in [0.29, 0.717) is 19.6 Å². The van der Waals surface area contributed by atoms with Crippen LogP contribution in [0, 0.1) is 17.7 Å². The van der Waals surface area contributed by atoms with Gasteiger partial charge in [0.1, 0.15) is 11.6 Å². The lowest BCUT2D eigenvalue weighted by molar-refractivity contribution is -0.153. The Morgan fingerprint density at radius 1 is 1.18 bits per heavy atom. The molecule has 0 saturated carbocycles. The molecule has 2 aliphatic rings. The molecule has 3 heterocycles. The maximum Gasteiger partial charge on any atom is 0.449 e. The molecular weight excluding hydrogens is 376 g/mol. The van der Waals surface area contributed by atoms with E-state index in [0.717, 1.165) is 11.6 Å². The highest BCUT2D eigenvalue weighted by Gasteiger charge is 2.48. The van der Waals surface area contributed by atoms with Crippen molar-refractivity contribution in [3.05, 3.63) is 59.3 Å². The number of carbonyl (C=O) groups excluding carboxylic acids is 1. The zero-order valence-electron chi connectivity index (χ0n) is 15.2. The minimum atomic E-state index is -4.50. The first-order valence-corrected chi connectivity index (χ1v) is 9.13. The summed E-state index contributed by atoms with van der Waals surface area (Å²) in [7, 11) is 0. The molecule has 1 amide bonds. The number of furan rings is 1. The average Bonchev–Trinajstić information content (AvgIpc) is 3.28. The number of nitrogens with zero attached hydrogens (tertiary/aromatic N) is 2. The van der Waals surface area contributed by atoms with Crippen molar-refractivity contribution in [3.63, 3.8) is 0 Å². The van der Waals surface area contributed by atoms with Gasteiger partial charge in [0.05, 0.1) is 12.6 Å². The van der Waals surface area contributed by atoms with Gasteiger partial charge in [0, 0.05) is 32.5 Å². The summed E-state index contributed by atoms with van der Waals surface area (Å²) in [6.45, 7) is 3.61. The number of hydrogen-bond acceptors (Lipinski definition) is 3. The van der Waals surface area contributed by atoms with E-state index in [1.54, 1.807) is 11.0 Å². The lowest BCUT2D eigenvalue weighted by atomic mass is 9.89. The molecule has 2 saturated heterocycles. The van der Waals surface area contributed by atoms with Crippen molar-refractivity contribution in [2.45, 2.75) is 25.7 Å². The zero-order chi connectivity index (χ0) is 20.1. The van der Waals surface area contributed by atoms with Crippen LogP contribution in [-0.4, -0.2) is 35.3 Å². The van der Waals surface area contributed by atoms with Gasteiger partial charge in [0.15, 0.2) is 0 Å². The second kappa shape index (κ2) is 6.92. The number of carbonyl (C=O) groups is 1. The fourth-order valence-electron chi connectivity index (χ4n) is 4.54. The quantitative estimate of drug-likeness (QED) is 0.734. The van der Waals surface area contributed by atoms with Crippen molar-refractivity contribution in [3.8, 4) is 0 Å². The smallest absolute Gasteiger partial charge is 0.449 e. The molecule has 8 heteroatoms. The first kappa shape index (κ1) is 19.0. The Hall–Kier alpha value is -2.35. The molecule has 4 nitrogen and oxygen atoms in total. The highest BCUT2D eigenvalue weighted by molar-refractivity contribution is 5.74. The van der Waals surface area contributed by atoms with Gasteiger partial charge < -0.3 is 9.32 Å². The molecule has 0 unspecified atom stereocenters. The van der Waals surface area contributed by atoms with Crippen molar-refractivity contribution in [2.75, 3.05) is 19.6 Å². The topological polar surface area (TPSA) is 36.7 Å². The summed E-state index contributed by atoms with van der Waals surface area (Å²) in [5.41, 5.74) is 0.752. The van der Waals surface area contributed by atoms with E-state index in [1.165, 1.54) is 25.1 Å². The van der Waals surface area contributed by atoms with Crippen LogP contribution in [-0.2, 0) is 17.5 Å². The third-order valence-corrected chi connectivity index (χ3v) is 5.65. The second-order valence-electron chi connectivity index (χ2n) is 7.55. The third-order valence-electron chi connectivity index (χ3n) is 5.65. The average molecular weight is 396 g/mol. The van der Waals surface area contributed by atoms with Gasteiger partial charge >= 0.3 is 6.18 Å². The zero-order valence-corrected chi connectivity index (χ0v) is 15.2. The SMILES string of the molecule is CC(=O)N1C[C@H]2CN(Cc3ccc(C(F)(F)F)o3)C[C@H]2[C@H]1c1cccc(F)c1. The van der Waals surface area contributed by atoms with Crippen molar-refractivity contribution >= 4 is 5.91 Å². The summed E-state index contributed by atoms with van der Waals surface area (Å²) in [5, 5.41) is 0. The van der Waals surface area contributed by atoms with Gasteiger partial charge in [-0.1, -0.05) is 12.1 Å². The van der Waals surface area contributed by atoms with Crippen LogP contribution in [0.15, 0.2) is 40.8 Å². The van der Waals surface area contributed by atoms with E-state index in [4.69, 9.17) is 4.42 Å². The van der Waals surface area contributed by atoms with E-state index < -0.39 is 11.9 Å². The van der Waals surface area contributed by atoms with E-state index in [2.05, 4.69) is 0 Å². The Morgan fingerprint density at radius 2 is 1.96 bits per heavy atom. The number of likely N-dealkylation sites (tertiary alicyclic amines) is 2. The van der Waals surface area contributed by atoms with Crippen molar-refractivity contribution in [2.24, 2.45) is 11.8 Å². The Labute approximate surface area is 159 Å². The lowest BCUT2D eigenvalue weighted by Gasteiger charge is -2.29. The molecule has 0 spiro atoms. The summed E-state index contributed by atoms with van der Waals surface area (Å²) in [6, 6.07) is 8.33. The fraction of sp³-hybridized carbons (Fsp3) is 0.450. The highest BCUT2D eigenvalue weighted by atomic mass is 19.4. The number of amides is 1. The Balaban J connectivity index is 1.51. The molecule has 150 valence electrons. The molecule has 4 rings (SSSR count). The summed E-state index contributed by atoms with van der Waals surface area (Å²) >= 11 is 0. The third kappa shape index (κ3) is 3.53. The molecule has 0 bridgehead atoms. The van der Waals surface area contributed by atoms with Crippen LogP contribution in [0.3, 0.4) is 0 Å². The molecule has 2 fully saturated rings. The van der Waals surface area contributed by atoms with Gasteiger partial charge in [-0.05, 0) is 35.7 Å². The number of hydrogen-bond donors (Lipinski definition) is 0. The molecule has 3 atom stereocenters. The van der Waals surface area contributed by atoms with E-state index >= 15 is 0 Å². The van der Waals surface area contributed by atoms with Crippen molar-refractivity contribution in [1.29, 1.82) is 0 Å². The highest BCUT2D eigenvalue weighted by Crippen LogP contribution is 2.45. The van der Waals surface area contributed by atoms with Crippen LogP contribution in [0.5, 0.6) is 0 Å². The summed E-state index contributed by atoms with van der Waals surface area (Å²) in [5.74, 6) is -0.858. The van der Waals surface area contributed by atoms with Gasteiger partial charge in [-0.25, -0.2) is 4.39 Å². The van der Waals surface area contributed by atoms with E-state index in [1.807, 2.05) is 11.0 Å². The lowest BCUT2D eigenvalue weighted by Crippen LogP contribution is -2.34. The minimum absolute atomic E-state index is 0.0592. The first-order chi connectivity index (χ1) is 13.2. The van der Waals surface area contributed by atoms with Gasteiger partial charge in [0.25, 0.3) is 0 Å². The molecular formula is C20H20F4N2O2. The Kier molecular flexibility index (Phi) is 4.69. The number of rotatable bonds is 3. The summed E-state index contributed by atoms with van der Waals surface area (Å²) in [4.78, 5) is 15.9. The first-order valence-electron chi connectivity index (χ1n) is 9.13. The van der Waals surface area contributed by atoms with Gasteiger partial charge in [-0.2, -0.15) is 13.2 Å². The van der Waals surface area contributed by atoms with E-state index in [9.17, 15) is 22.4 Å². The standard InChI is InChI=1S/C20H20F4N2O2/c1-12(27)26-9-14-8-25(10-16-5-6-18(28-16)20(22,23)24)11-17(14)19(26)13-3-2-4-15(21)7-13/h2-7,14,17,19H,8-11H2,1H3/t14-,17-,19-/m1/s1. The number of fused-ring (bicyclic) bond motifs is 1. The van der Waals surface area contributed by atoms with Crippen LogP contribution in [0.1, 0.15) is 30.0 Å². The minimum Gasteiger partial charge on any atom is -0.455 e. The summed E-state index contributed by atoms with van der Waals surface area (Å²) in [6.07, 6.45) is -4.50. The summed E-state index contributed by atoms with van der Waals surface area (Å²) < 4.78 is 56.8. The van der Waals surface area contributed by atoms with Crippen molar-refractivity contribution < 1.29 is 26.8 Å². The predicted octanol–water partition coefficient (Wildman–Crippen LogP) is 4.09. The van der Waals surface area contributed by atoms with Gasteiger partial charge in [0.2, 0.25) is 11.7 Å². The molecule has 0 radical (unpaired) electrons. The van der Waals surface area contributed by atoms with Crippen LogP contribution in [0.4, 0.5) is 17.6 Å². The molecule has 0 N–H and O–H groups in total. The molecule has 1 aromatic heterocycles. The van der Waals surface area contributed by atoms with Crippen LogP contribution < -0.4 is 0 Å². The van der Waals surface area contributed by atoms with Crippen LogP contribution in [0.2, 0.25) is 0 Å².